The highest BCUT2D eigenvalue weighted by molar-refractivity contribution is 5.21. The number of hydrogen-bond acceptors (Lipinski definition) is 5. The lowest BCUT2D eigenvalue weighted by Gasteiger charge is -2.21. The number of nitrogens with zero attached hydrogens (tertiary/aromatic N) is 3. The van der Waals surface area contributed by atoms with E-state index in [9.17, 15) is 14.5 Å². The molecule has 0 saturated carbocycles. The number of fused-ring (bicyclic) bond motifs is 1. The number of nitro groups is 1. The van der Waals surface area contributed by atoms with Crippen molar-refractivity contribution in [3.8, 4) is 6.01 Å². The number of benzene rings is 1. The summed E-state index contributed by atoms with van der Waals surface area (Å²) in [7, 11) is 0. The SMILES string of the molecule is O=[N+]([O-])c1cn2c(n1)OC(COCc1ccc(F)cc1)CC2. The molecule has 1 aromatic carbocycles. The molecule has 3 rings (SSSR count). The van der Waals surface area contributed by atoms with E-state index in [1.807, 2.05) is 0 Å². The number of hydrogen-bond donors (Lipinski definition) is 0. The molecule has 0 saturated heterocycles. The second kappa shape index (κ2) is 6.10. The quantitative estimate of drug-likeness (QED) is 0.625. The molecule has 2 heterocycles. The molecule has 1 unspecified atom stereocenters. The first kappa shape index (κ1) is 14.5. The van der Waals surface area contributed by atoms with Gasteiger partial charge in [-0.15, -0.1) is 0 Å². The van der Waals surface area contributed by atoms with Gasteiger partial charge >= 0.3 is 11.8 Å². The Bertz CT molecular complexity index is 671. The predicted molar refractivity (Wildman–Crippen MR) is 74.0 cm³/mol. The topological polar surface area (TPSA) is 79.4 Å². The van der Waals surface area contributed by atoms with E-state index < -0.39 is 4.92 Å². The van der Waals surface area contributed by atoms with Crippen molar-refractivity contribution in [2.45, 2.75) is 25.7 Å². The minimum atomic E-state index is -0.547. The van der Waals surface area contributed by atoms with Crippen molar-refractivity contribution in [1.29, 1.82) is 0 Å². The van der Waals surface area contributed by atoms with Gasteiger partial charge in [-0.1, -0.05) is 12.1 Å². The first-order valence-electron chi connectivity index (χ1n) is 6.82. The maximum atomic E-state index is 12.8. The van der Waals surface area contributed by atoms with Gasteiger partial charge in [-0.3, -0.25) is 4.57 Å². The van der Waals surface area contributed by atoms with Gasteiger partial charge in [0.1, 0.15) is 18.1 Å². The Morgan fingerprint density at radius 3 is 2.95 bits per heavy atom. The van der Waals surface area contributed by atoms with Crippen molar-refractivity contribution < 1.29 is 18.8 Å². The molecule has 0 amide bonds. The van der Waals surface area contributed by atoms with Crippen LogP contribution in [0.25, 0.3) is 0 Å². The van der Waals surface area contributed by atoms with Crippen LogP contribution in [0.4, 0.5) is 10.2 Å². The smallest absolute Gasteiger partial charge is 0.414 e. The zero-order valence-corrected chi connectivity index (χ0v) is 11.6. The lowest BCUT2D eigenvalue weighted by Crippen LogP contribution is -2.30. The van der Waals surface area contributed by atoms with E-state index in [-0.39, 0.29) is 23.7 Å². The van der Waals surface area contributed by atoms with Gasteiger partial charge in [0.25, 0.3) is 0 Å². The number of aromatic nitrogens is 2. The number of imidazole rings is 1. The van der Waals surface area contributed by atoms with E-state index in [0.29, 0.717) is 26.2 Å². The van der Waals surface area contributed by atoms with Crippen LogP contribution in [0.2, 0.25) is 0 Å². The monoisotopic (exact) mass is 307 g/mol. The second-order valence-corrected chi connectivity index (χ2v) is 5.00. The Kier molecular flexibility index (Phi) is 4.01. The summed E-state index contributed by atoms with van der Waals surface area (Å²) in [6, 6.07) is 6.32. The van der Waals surface area contributed by atoms with Crippen molar-refractivity contribution in [1.82, 2.24) is 9.55 Å². The van der Waals surface area contributed by atoms with Gasteiger partial charge in [0.15, 0.2) is 0 Å². The number of ether oxygens (including phenoxy) is 2. The molecule has 1 atom stereocenters. The summed E-state index contributed by atoms with van der Waals surface area (Å²) in [5, 5.41) is 10.7. The van der Waals surface area contributed by atoms with E-state index in [1.54, 1.807) is 16.7 Å². The summed E-state index contributed by atoms with van der Waals surface area (Å²) in [6.45, 7) is 1.30. The van der Waals surface area contributed by atoms with Crippen LogP contribution >= 0.6 is 0 Å². The van der Waals surface area contributed by atoms with Crippen LogP contribution < -0.4 is 4.74 Å². The molecule has 22 heavy (non-hydrogen) atoms. The van der Waals surface area contributed by atoms with Crippen molar-refractivity contribution in [2.75, 3.05) is 6.61 Å². The zero-order valence-electron chi connectivity index (χ0n) is 11.6. The van der Waals surface area contributed by atoms with E-state index in [2.05, 4.69) is 4.98 Å². The minimum absolute atomic E-state index is 0.199. The van der Waals surface area contributed by atoms with Crippen molar-refractivity contribution in [3.63, 3.8) is 0 Å². The van der Waals surface area contributed by atoms with Crippen LogP contribution in [0.3, 0.4) is 0 Å². The van der Waals surface area contributed by atoms with E-state index in [0.717, 1.165) is 5.56 Å². The van der Waals surface area contributed by atoms with Gasteiger partial charge in [0.05, 0.1) is 13.2 Å². The third kappa shape index (κ3) is 3.22. The van der Waals surface area contributed by atoms with E-state index in [1.165, 1.54) is 18.3 Å². The Morgan fingerprint density at radius 1 is 1.45 bits per heavy atom. The van der Waals surface area contributed by atoms with Crippen LogP contribution in [0, 0.1) is 15.9 Å². The largest absolute Gasteiger partial charge is 0.440 e. The van der Waals surface area contributed by atoms with Crippen LogP contribution in [0.5, 0.6) is 6.01 Å². The van der Waals surface area contributed by atoms with Crippen molar-refractivity contribution in [3.05, 3.63) is 52.0 Å². The molecule has 7 nitrogen and oxygen atoms in total. The maximum absolute atomic E-state index is 12.8. The van der Waals surface area contributed by atoms with E-state index >= 15 is 0 Å². The molecule has 2 aromatic rings. The molecular weight excluding hydrogens is 293 g/mol. The summed E-state index contributed by atoms with van der Waals surface area (Å²) in [5.74, 6) is -0.504. The first-order chi connectivity index (χ1) is 10.6. The zero-order chi connectivity index (χ0) is 15.5. The summed E-state index contributed by atoms with van der Waals surface area (Å²) in [5.41, 5.74) is 0.870. The summed E-state index contributed by atoms with van der Waals surface area (Å²) < 4.78 is 25.5. The fraction of sp³-hybridized carbons (Fsp3) is 0.357. The molecular formula is C14H14FN3O4. The Morgan fingerprint density at radius 2 is 2.23 bits per heavy atom. The molecule has 0 aliphatic carbocycles. The van der Waals surface area contributed by atoms with Crippen molar-refractivity contribution >= 4 is 5.82 Å². The van der Waals surface area contributed by atoms with Crippen LogP contribution in [0.1, 0.15) is 12.0 Å². The van der Waals surface area contributed by atoms with Gasteiger partial charge in [-0.2, -0.15) is 0 Å². The highest BCUT2D eigenvalue weighted by Crippen LogP contribution is 2.24. The summed E-state index contributed by atoms with van der Waals surface area (Å²) in [6.07, 6.45) is 1.85. The van der Waals surface area contributed by atoms with Gasteiger partial charge in [0, 0.05) is 17.9 Å². The number of halogens is 1. The molecule has 1 aliphatic rings. The number of rotatable bonds is 5. The van der Waals surface area contributed by atoms with Crippen LogP contribution in [-0.4, -0.2) is 27.2 Å². The molecule has 8 heteroatoms. The molecule has 1 aliphatic heterocycles. The highest BCUT2D eigenvalue weighted by Gasteiger charge is 2.28. The lowest BCUT2D eigenvalue weighted by molar-refractivity contribution is -0.389. The van der Waals surface area contributed by atoms with Gasteiger partial charge in [0.2, 0.25) is 0 Å². The summed E-state index contributed by atoms with van der Waals surface area (Å²) >= 11 is 0. The standard InChI is InChI=1S/C14H14FN3O4/c15-11-3-1-10(2-4-11)8-21-9-12-5-6-17-7-13(18(19)20)16-14(17)22-12/h1-4,7,12H,5-6,8-9H2. The average molecular weight is 307 g/mol. The van der Waals surface area contributed by atoms with Crippen LogP contribution in [0.15, 0.2) is 30.5 Å². The normalized spacial score (nSPS) is 16.9. The summed E-state index contributed by atoms with van der Waals surface area (Å²) in [4.78, 5) is 13.9. The molecule has 0 radical (unpaired) electrons. The average Bonchev–Trinajstić information content (AvgIpc) is 2.93. The fourth-order valence-electron chi connectivity index (χ4n) is 2.23. The molecule has 0 fully saturated rings. The third-order valence-corrected chi connectivity index (χ3v) is 3.36. The molecule has 0 bridgehead atoms. The van der Waals surface area contributed by atoms with Gasteiger partial charge in [-0.25, -0.2) is 4.39 Å². The Balaban J connectivity index is 1.52. The highest BCUT2D eigenvalue weighted by atomic mass is 19.1. The molecule has 0 spiro atoms. The first-order valence-corrected chi connectivity index (χ1v) is 6.82. The lowest BCUT2D eigenvalue weighted by atomic mass is 10.2. The molecule has 1 aromatic heterocycles. The Hall–Kier alpha value is -2.48. The second-order valence-electron chi connectivity index (χ2n) is 5.00. The minimum Gasteiger partial charge on any atom is -0.440 e. The van der Waals surface area contributed by atoms with Crippen LogP contribution in [-0.2, 0) is 17.9 Å². The Labute approximate surface area is 125 Å². The predicted octanol–water partition coefficient (Wildman–Crippen LogP) is 2.30. The number of aryl methyl sites for hydroxylation is 1. The molecule has 116 valence electrons. The fourth-order valence-corrected chi connectivity index (χ4v) is 2.23. The van der Waals surface area contributed by atoms with Gasteiger partial charge in [-0.05, 0) is 22.6 Å². The van der Waals surface area contributed by atoms with Gasteiger partial charge < -0.3 is 19.6 Å². The van der Waals surface area contributed by atoms with E-state index in [4.69, 9.17) is 9.47 Å². The maximum Gasteiger partial charge on any atom is 0.414 e. The third-order valence-electron chi connectivity index (χ3n) is 3.36. The molecule has 0 N–H and O–H groups in total. The van der Waals surface area contributed by atoms with Crippen molar-refractivity contribution in [2.24, 2.45) is 0 Å².